The normalized spacial score (nSPS) is 11.1. The van der Waals surface area contributed by atoms with Crippen molar-refractivity contribution in [1.82, 2.24) is 0 Å². The number of carbonyl (C=O) groups is 3. The van der Waals surface area contributed by atoms with E-state index in [-0.39, 0.29) is 17.9 Å². The maximum atomic E-state index is 12.8. The van der Waals surface area contributed by atoms with Crippen molar-refractivity contribution in [3.63, 3.8) is 0 Å². The lowest BCUT2D eigenvalue weighted by Gasteiger charge is -2.08. The van der Waals surface area contributed by atoms with E-state index in [1.54, 1.807) is 48.7 Å². The summed E-state index contributed by atoms with van der Waals surface area (Å²) in [5, 5.41) is 20.0. The summed E-state index contributed by atoms with van der Waals surface area (Å²) in [7, 11) is 0. The van der Waals surface area contributed by atoms with Crippen LogP contribution in [0.15, 0.2) is 102 Å². The number of ether oxygens (including phenoxy) is 4. The average molecular weight is 651 g/mol. The lowest BCUT2D eigenvalue weighted by Crippen LogP contribution is -2.08. The van der Waals surface area contributed by atoms with Gasteiger partial charge in [-0.25, -0.2) is 14.4 Å². The zero-order valence-corrected chi connectivity index (χ0v) is 26.8. The Hall–Kier alpha value is -5.77. The van der Waals surface area contributed by atoms with Crippen molar-refractivity contribution in [1.29, 1.82) is 0 Å². The van der Waals surface area contributed by atoms with Gasteiger partial charge in [-0.1, -0.05) is 31.7 Å². The van der Waals surface area contributed by atoms with Crippen molar-refractivity contribution in [2.75, 3.05) is 19.8 Å². The fourth-order valence-electron chi connectivity index (χ4n) is 4.49. The highest BCUT2D eigenvalue weighted by atomic mass is 16.5. The molecule has 248 valence electrons. The fourth-order valence-corrected chi connectivity index (χ4v) is 4.49. The van der Waals surface area contributed by atoms with Crippen molar-refractivity contribution in [3.8, 4) is 17.2 Å². The highest BCUT2D eigenvalue weighted by molar-refractivity contribution is 5.96. The molecule has 4 aromatic carbocycles. The van der Waals surface area contributed by atoms with E-state index in [1.807, 2.05) is 31.2 Å². The van der Waals surface area contributed by atoms with Crippen molar-refractivity contribution < 1.29 is 38.4 Å². The molecule has 0 unspecified atom stereocenters. The summed E-state index contributed by atoms with van der Waals surface area (Å²) in [6.07, 6.45) is 8.47. The number of benzene rings is 4. The fraction of sp³-hybridized carbons (Fsp3) is 0.237. The van der Waals surface area contributed by atoms with E-state index in [0.717, 1.165) is 48.1 Å². The molecule has 0 aromatic heterocycles. The number of aromatic hydroxyl groups is 1. The standard InChI is InChI=1S/C38H38N2O8/c1-3-19-47-38(44)34-23-28(10-18-35(34)41)26-40-39-25-27-9-11-31-24-33(17-14-30(31)22-27)48-37(43)29-12-15-32(16-13-29)45-20-7-5-6-8-21-46-36(42)4-2/h4,9-18,22-26,41H,2-3,5-8,19-21H2,1H3/b39-25+,40-26+. The minimum absolute atomic E-state index is 0.0705. The monoisotopic (exact) mass is 650 g/mol. The van der Waals surface area contributed by atoms with Crippen molar-refractivity contribution >= 4 is 41.1 Å². The van der Waals surface area contributed by atoms with E-state index in [1.165, 1.54) is 18.3 Å². The summed E-state index contributed by atoms with van der Waals surface area (Å²) < 4.78 is 21.4. The van der Waals surface area contributed by atoms with Gasteiger partial charge in [0.05, 0.1) is 37.8 Å². The third-order valence-corrected chi connectivity index (χ3v) is 7.01. The predicted molar refractivity (Wildman–Crippen MR) is 184 cm³/mol. The topological polar surface area (TPSA) is 133 Å². The molecule has 0 amide bonds. The maximum absolute atomic E-state index is 12.8. The summed E-state index contributed by atoms with van der Waals surface area (Å²) >= 11 is 0. The molecule has 0 bridgehead atoms. The number of rotatable bonds is 17. The van der Waals surface area contributed by atoms with Gasteiger partial charge in [-0.15, -0.1) is 0 Å². The molecule has 10 heteroatoms. The minimum atomic E-state index is -0.593. The molecule has 4 aromatic rings. The number of carbonyl (C=O) groups excluding carboxylic acids is 3. The van der Waals surface area contributed by atoms with E-state index < -0.39 is 17.9 Å². The third kappa shape index (κ3) is 10.9. The first-order valence-corrected chi connectivity index (χ1v) is 15.7. The van der Waals surface area contributed by atoms with Crippen molar-refractivity contribution in [3.05, 3.63) is 114 Å². The van der Waals surface area contributed by atoms with Crippen LogP contribution in [0.1, 0.15) is 70.9 Å². The largest absolute Gasteiger partial charge is 0.507 e. The second-order valence-corrected chi connectivity index (χ2v) is 10.7. The summed E-state index contributed by atoms with van der Waals surface area (Å²) in [4.78, 5) is 35.9. The van der Waals surface area contributed by atoms with Gasteiger partial charge in [0.1, 0.15) is 22.8 Å². The number of phenolic OH excluding ortho intramolecular Hbond substituents is 1. The lowest BCUT2D eigenvalue weighted by molar-refractivity contribution is -0.137. The molecule has 1 N–H and O–H groups in total. The number of hydrogen-bond acceptors (Lipinski definition) is 10. The number of fused-ring (bicyclic) bond motifs is 1. The maximum Gasteiger partial charge on any atom is 0.343 e. The third-order valence-electron chi connectivity index (χ3n) is 7.01. The number of unbranched alkanes of at least 4 members (excludes halogenated alkanes) is 3. The highest BCUT2D eigenvalue weighted by Crippen LogP contribution is 2.23. The molecule has 0 fully saturated rings. The van der Waals surface area contributed by atoms with Gasteiger partial charge in [-0.2, -0.15) is 10.2 Å². The summed E-state index contributed by atoms with van der Waals surface area (Å²) in [6.45, 7) is 6.47. The van der Waals surface area contributed by atoms with E-state index in [4.69, 9.17) is 18.9 Å². The first-order valence-electron chi connectivity index (χ1n) is 15.7. The van der Waals surface area contributed by atoms with Gasteiger partial charge in [0, 0.05) is 6.08 Å². The first kappa shape index (κ1) is 35.1. The van der Waals surface area contributed by atoms with Crippen LogP contribution in [0.3, 0.4) is 0 Å². The van der Waals surface area contributed by atoms with Gasteiger partial charge in [-0.3, -0.25) is 0 Å². The Morgan fingerprint density at radius 1 is 0.708 bits per heavy atom. The van der Waals surface area contributed by atoms with Crippen LogP contribution < -0.4 is 9.47 Å². The second kappa shape index (κ2) is 18.4. The van der Waals surface area contributed by atoms with Crippen LogP contribution >= 0.6 is 0 Å². The Morgan fingerprint density at radius 3 is 2.08 bits per heavy atom. The average Bonchev–Trinajstić information content (AvgIpc) is 3.10. The SMILES string of the molecule is C=CC(=O)OCCCCCCOc1ccc(C(=O)Oc2ccc3cc(/C=N/N=C/c4ccc(O)c(C(=O)OCCC)c4)ccc3c2)cc1. The Bertz CT molecular complexity index is 1780. The molecule has 0 aliphatic heterocycles. The smallest absolute Gasteiger partial charge is 0.343 e. The van der Waals surface area contributed by atoms with Crippen LogP contribution in [0.5, 0.6) is 17.2 Å². The summed E-state index contributed by atoms with van der Waals surface area (Å²) in [6, 6.07) is 22.4. The second-order valence-electron chi connectivity index (χ2n) is 10.7. The van der Waals surface area contributed by atoms with Crippen LogP contribution in [0.25, 0.3) is 10.8 Å². The molecular formula is C38H38N2O8. The van der Waals surface area contributed by atoms with E-state index in [0.29, 0.717) is 42.3 Å². The first-order chi connectivity index (χ1) is 23.4. The number of esters is 3. The molecule has 0 saturated heterocycles. The zero-order valence-electron chi connectivity index (χ0n) is 26.8. The van der Waals surface area contributed by atoms with Gasteiger partial charge < -0.3 is 24.1 Å². The van der Waals surface area contributed by atoms with Gasteiger partial charge >= 0.3 is 17.9 Å². The van der Waals surface area contributed by atoms with Crippen molar-refractivity contribution in [2.24, 2.45) is 10.2 Å². The van der Waals surface area contributed by atoms with Crippen LogP contribution in [0, 0.1) is 0 Å². The van der Waals surface area contributed by atoms with Gasteiger partial charge in [0.25, 0.3) is 0 Å². The predicted octanol–water partition coefficient (Wildman–Crippen LogP) is 7.45. The minimum Gasteiger partial charge on any atom is -0.507 e. The molecule has 0 aliphatic rings. The molecule has 10 nitrogen and oxygen atoms in total. The number of hydrogen-bond donors (Lipinski definition) is 1. The number of phenols is 1. The summed E-state index contributed by atoms with van der Waals surface area (Å²) in [5.74, 6) is -0.538. The lowest BCUT2D eigenvalue weighted by atomic mass is 10.1. The molecule has 48 heavy (non-hydrogen) atoms. The van der Waals surface area contributed by atoms with E-state index >= 15 is 0 Å². The number of nitrogens with zero attached hydrogens (tertiary/aromatic N) is 2. The van der Waals surface area contributed by atoms with E-state index in [2.05, 4.69) is 16.8 Å². The molecule has 0 atom stereocenters. The Morgan fingerprint density at radius 2 is 1.35 bits per heavy atom. The van der Waals surface area contributed by atoms with Gasteiger partial charge in [0.15, 0.2) is 0 Å². The molecule has 0 saturated carbocycles. The van der Waals surface area contributed by atoms with Crippen LogP contribution in [0.4, 0.5) is 0 Å². The molecule has 0 radical (unpaired) electrons. The quantitative estimate of drug-likeness (QED) is 0.0311. The molecule has 0 aliphatic carbocycles. The van der Waals surface area contributed by atoms with E-state index in [9.17, 15) is 19.5 Å². The molecule has 0 spiro atoms. The van der Waals surface area contributed by atoms with Crippen molar-refractivity contribution in [2.45, 2.75) is 39.0 Å². The van der Waals surface area contributed by atoms with Gasteiger partial charge in [-0.05, 0) is 115 Å². The Kier molecular flexibility index (Phi) is 13.4. The highest BCUT2D eigenvalue weighted by Gasteiger charge is 2.13. The van der Waals surface area contributed by atoms with Crippen LogP contribution in [-0.4, -0.2) is 55.3 Å². The van der Waals surface area contributed by atoms with Gasteiger partial charge in [0.2, 0.25) is 0 Å². The summed E-state index contributed by atoms with van der Waals surface area (Å²) in [5.41, 5.74) is 1.88. The van der Waals surface area contributed by atoms with Crippen LogP contribution in [-0.2, 0) is 14.3 Å². The van der Waals surface area contributed by atoms with Crippen LogP contribution in [0.2, 0.25) is 0 Å². The Balaban J connectivity index is 1.24. The molecule has 4 rings (SSSR count). The zero-order chi connectivity index (χ0) is 34.1. The molecule has 0 heterocycles. The Labute approximate surface area is 279 Å². The molecular weight excluding hydrogens is 612 g/mol.